The van der Waals surface area contributed by atoms with E-state index in [0.717, 1.165) is 41.7 Å². The number of carbonyl (C=O) groups excluding carboxylic acids is 1. The van der Waals surface area contributed by atoms with E-state index >= 15 is 0 Å². The number of hydrogen-bond acceptors (Lipinski definition) is 3. The number of aryl methyl sites for hydroxylation is 2. The van der Waals surface area contributed by atoms with E-state index in [1.165, 1.54) is 5.56 Å². The summed E-state index contributed by atoms with van der Waals surface area (Å²) in [5.41, 5.74) is 5.51. The maximum atomic E-state index is 12.6. The van der Waals surface area contributed by atoms with Gasteiger partial charge in [0.25, 0.3) is 5.91 Å². The first-order valence-corrected chi connectivity index (χ1v) is 10.9. The van der Waals surface area contributed by atoms with Crippen molar-refractivity contribution in [3.8, 4) is 6.07 Å². The fourth-order valence-corrected chi connectivity index (χ4v) is 3.83. The van der Waals surface area contributed by atoms with Crippen molar-refractivity contribution in [1.29, 1.82) is 5.26 Å². The van der Waals surface area contributed by atoms with Crippen LogP contribution in [-0.4, -0.2) is 22.0 Å². The van der Waals surface area contributed by atoms with E-state index in [0.29, 0.717) is 24.1 Å². The maximum Gasteiger partial charge on any atom is 0.251 e. The highest BCUT2D eigenvalue weighted by Crippen LogP contribution is 2.19. The van der Waals surface area contributed by atoms with Crippen LogP contribution in [0.1, 0.15) is 45.7 Å². The highest BCUT2D eigenvalue weighted by molar-refractivity contribution is 5.97. The zero-order valence-corrected chi connectivity index (χ0v) is 18.2. The Hall–Kier alpha value is -3.91. The molecule has 1 heterocycles. The van der Waals surface area contributed by atoms with Crippen molar-refractivity contribution in [3.05, 3.63) is 101 Å². The number of nitrogens with zero attached hydrogens (tertiary/aromatic N) is 3. The maximum absolute atomic E-state index is 12.6. The molecule has 5 heteroatoms. The Morgan fingerprint density at radius 1 is 1.00 bits per heavy atom. The van der Waals surface area contributed by atoms with E-state index in [4.69, 9.17) is 10.2 Å². The van der Waals surface area contributed by atoms with Gasteiger partial charge >= 0.3 is 0 Å². The topological polar surface area (TPSA) is 70.7 Å². The van der Waals surface area contributed by atoms with Crippen LogP contribution in [-0.2, 0) is 19.9 Å². The van der Waals surface area contributed by atoms with E-state index in [2.05, 4.69) is 40.2 Å². The van der Waals surface area contributed by atoms with Gasteiger partial charge < -0.3 is 9.88 Å². The van der Waals surface area contributed by atoms with Crippen LogP contribution in [0.3, 0.4) is 0 Å². The van der Waals surface area contributed by atoms with E-state index < -0.39 is 0 Å². The second kappa shape index (κ2) is 9.93. The molecule has 160 valence electrons. The molecule has 1 N–H and O–H groups in total. The minimum absolute atomic E-state index is 0.0640. The molecule has 0 unspecified atom stereocenters. The molecule has 5 nitrogen and oxygen atoms in total. The van der Waals surface area contributed by atoms with Crippen molar-refractivity contribution in [2.24, 2.45) is 7.05 Å². The molecular formula is C27H26N4O. The van der Waals surface area contributed by atoms with Gasteiger partial charge in [-0.15, -0.1) is 0 Å². The van der Waals surface area contributed by atoms with Crippen molar-refractivity contribution in [2.75, 3.05) is 6.54 Å². The van der Waals surface area contributed by atoms with Gasteiger partial charge in [-0.05, 0) is 60.7 Å². The summed E-state index contributed by atoms with van der Waals surface area (Å²) in [4.78, 5) is 17.3. The Labute approximate surface area is 188 Å². The summed E-state index contributed by atoms with van der Waals surface area (Å²) in [5.74, 6) is 0.856. The van der Waals surface area contributed by atoms with Crippen LogP contribution in [0.5, 0.6) is 0 Å². The number of imidazole rings is 1. The molecule has 4 rings (SSSR count). The summed E-state index contributed by atoms with van der Waals surface area (Å²) in [5, 5.41) is 12.0. The predicted molar refractivity (Wildman–Crippen MR) is 126 cm³/mol. The quantitative estimate of drug-likeness (QED) is 0.415. The highest BCUT2D eigenvalue weighted by Gasteiger charge is 2.12. The van der Waals surface area contributed by atoms with Gasteiger partial charge in [0.2, 0.25) is 0 Å². The number of nitriles is 1. The van der Waals surface area contributed by atoms with Crippen LogP contribution >= 0.6 is 0 Å². The molecule has 1 aromatic heterocycles. The van der Waals surface area contributed by atoms with E-state index in [9.17, 15) is 4.79 Å². The molecule has 0 fully saturated rings. The van der Waals surface area contributed by atoms with Crippen molar-refractivity contribution in [2.45, 2.75) is 25.7 Å². The van der Waals surface area contributed by atoms with Crippen LogP contribution in [0, 0.1) is 11.3 Å². The van der Waals surface area contributed by atoms with Gasteiger partial charge in [0.15, 0.2) is 0 Å². The molecule has 0 radical (unpaired) electrons. The van der Waals surface area contributed by atoms with Crippen LogP contribution in [0.4, 0.5) is 0 Å². The molecule has 0 atom stereocenters. The number of aromatic nitrogens is 2. The second-order valence-corrected chi connectivity index (χ2v) is 7.97. The van der Waals surface area contributed by atoms with E-state index in [1.807, 2.05) is 55.6 Å². The number of nitrogens with one attached hydrogen (secondary N) is 1. The van der Waals surface area contributed by atoms with Gasteiger partial charge in [0, 0.05) is 25.6 Å². The monoisotopic (exact) mass is 422 g/mol. The smallest absolute Gasteiger partial charge is 0.251 e. The lowest BCUT2D eigenvalue weighted by molar-refractivity contribution is 0.0953. The lowest BCUT2D eigenvalue weighted by atomic mass is 10.1. The van der Waals surface area contributed by atoms with Crippen LogP contribution < -0.4 is 5.32 Å². The zero-order chi connectivity index (χ0) is 22.3. The SMILES string of the molecule is Cn1c(Cc2ccc(C#N)cc2)nc2cc(C(=O)NCCCCc3ccccc3)ccc21. The Morgan fingerprint density at radius 3 is 2.53 bits per heavy atom. The summed E-state index contributed by atoms with van der Waals surface area (Å²) in [6.07, 6.45) is 3.68. The average Bonchev–Trinajstić information content (AvgIpc) is 3.14. The van der Waals surface area contributed by atoms with Gasteiger partial charge in [-0.2, -0.15) is 5.26 Å². The second-order valence-electron chi connectivity index (χ2n) is 7.97. The normalized spacial score (nSPS) is 10.8. The third-order valence-corrected chi connectivity index (χ3v) is 5.70. The molecule has 0 aliphatic heterocycles. The lowest BCUT2D eigenvalue weighted by Gasteiger charge is -2.06. The van der Waals surface area contributed by atoms with Gasteiger partial charge in [-0.1, -0.05) is 42.5 Å². The Balaban J connectivity index is 1.36. The molecular weight excluding hydrogens is 396 g/mol. The van der Waals surface area contributed by atoms with Crippen molar-refractivity contribution < 1.29 is 4.79 Å². The molecule has 0 aliphatic carbocycles. The number of rotatable bonds is 8. The summed E-state index contributed by atoms with van der Waals surface area (Å²) in [7, 11) is 1.99. The van der Waals surface area contributed by atoms with Gasteiger partial charge in [-0.3, -0.25) is 4.79 Å². The Morgan fingerprint density at radius 2 is 1.78 bits per heavy atom. The van der Waals surface area contributed by atoms with Crippen LogP contribution in [0.2, 0.25) is 0 Å². The molecule has 0 saturated carbocycles. The third-order valence-electron chi connectivity index (χ3n) is 5.70. The summed E-state index contributed by atoms with van der Waals surface area (Å²) < 4.78 is 2.05. The predicted octanol–water partition coefficient (Wildman–Crippen LogP) is 4.79. The zero-order valence-electron chi connectivity index (χ0n) is 18.2. The third kappa shape index (κ3) is 5.04. The molecule has 1 amide bonds. The van der Waals surface area contributed by atoms with Crippen molar-refractivity contribution in [1.82, 2.24) is 14.9 Å². The molecule has 0 bridgehead atoms. The van der Waals surface area contributed by atoms with E-state index in [1.54, 1.807) is 0 Å². The van der Waals surface area contributed by atoms with Crippen LogP contribution in [0.25, 0.3) is 11.0 Å². The molecule has 32 heavy (non-hydrogen) atoms. The molecule has 0 saturated heterocycles. The standard InChI is InChI=1S/C27H26N4O/c1-31-25-15-14-23(27(32)29-16-6-5-9-20-7-3-2-4-8-20)18-24(25)30-26(31)17-21-10-12-22(19-28)13-11-21/h2-4,7-8,10-15,18H,5-6,9,16-17H2,1H3,(H,29,32). The number of amides is 1. The van der Waals surface area contributed by atoms with Crippen LogP contribution in [0.15, 0.2) is 72.8 Å². The van der Waals surface area contributed by atoms with Gasteiger partial charge in [-0.25, -0.2) is 4.98 Å². The minimum Gasteiger partial charge on any atom is -0.352 e. The number of unbranched alkanes of at least 4 members (excludes halogenated alkanes) is 1. The number of benzene rings is 3. The van der Waals surface area contributed by atoms with Crippen molar-refractivity contribution >= 4 is 16.9 Å². The fourth-order valence-electron chi connectivity index (χ4n) is 3.83. The fraction of sp³-hybridized carbons (Fsp3) is 0.222. The number of hydrogen-bond donors (Lipinski definition) is 1. The molecule has 0 aliphatic rings. The molecule has 4 aromatic rings. The minimum atomic E-state index is -0.0640. The summed E-state index contributed by atoms with van der Waals surface area (Å²) >= 11 is 0. The Kier molecular flexibility index (Phi) is 6.62. The Bertz CT molecular complexity index is 1250. The first-order valence-electron chi connectivity index (χ1n) is 10.9. The number of carbonyl (C=O) groups is 1. The van der Waals surface area contributed by atoms with E-state index in [-0.39, 0.29) is 5.91 Å². The molecule has 0 spiro atoms. The highest BCUT2D eigenvalue weighted by atomic mass is 16.1. The summed E-state index contributed by atoms with van der Waals surface area (Å²) in [6, 6.07) is 25.8. The van der Waals surface area contributed by atoms with Crippen molar-refractivity contribution in [3.63, 3.8) is 0 Å². The average molecular weight is 423 g/mol. The lowest BCUT2D eigenvalue weighted by Crippen LogP contribution is -2.24. The van der Waals surface area contributed by atoms with Gasteiger partial charge in [0.05, 0.1) is 22.7 Å². The molecule has 3 aromatic carbocycles. The first kappa shape index (κ1) is 21.3. The summed E-state index contributed by atoms with van der Waals surface area (Å²) in [6.45, 7) is 0.663. The number of fused-ring (bicyclic) bond motifs is 1. The first-order chi connectivity index (χ1) is 15.6. The largest absolute Gasteiger partial charge is 0.352 e. The van der Waals surface area contributed by atoms with Gasteiger partial charge in [0.1, 0.15) is 5.82 Å².